The quantitative estimate of drug-likeness (QED) is 0.736. The number of aromatic nitrogens is 2. The van der Waals surface area contributed by atoms with E-state index in [0.717, 1.165) is 18.4 Å². The second-order valence-electron chi connectivity index (χ2n) is 6.61. The molecule has 138 valence electrons. The number of phenols is 1. The number of nitrogens with zero attached hydrogens (tertiary/aromatic N) is 3. The number of likely N-dealkylation sites (tertiary alicyclic amines) is 1. The van der Waals surface area contributed by atoms with E-state index in [0.29, 0.717) is 30.6 Å². The summed E-state index contributed by atoms with van der Waals surface area (Å²) in [5.41, 5.74) is 2.66. The smallest absolute Gasteiger partial charge is 0.321 e. The highest BCUT2D eigenvalue weighted by Gasteiger charge is 2.24. The first kappa shape index (κ1) is 17.1. The van der Waals surface area contributed by atoms with Gasteiger partial charge in [-0.3, -0.25) is 0 Å². The highest BCUT2D eigenvalue weighted by atomic mass is 16.4. The normalized spacial score (nSPS) is 14.9. The molecule has 0 bridgehead atoms. The van der Waals surface area contributed by atoms with Crippen LogP contribution in [0.25, 0.3) is 11.5 Å². The summed E-state index contributed by atoms with van der Waals surface area (Å²) in [5.74, 6) is 1.11. The Hall–Kier alpha value is -3.35. The minimum atomic E-state index is -0.109. The van der Waals surface area contributed by atoms with Gasteiger partial charge in [-0.1, -0.05) is 18.2 Å². The van der Waals surface area contributed by atoms with Crippen molar-refractivity contribution in [2.45, 2.75) is 18.8 Å². The lowest BCUT2D eigenvalue weighted by Gasteiger charge is -2.32. The second kappa shape index (κ2) is 7.49. The molecule has 1 saturated heterocycles. The van der Waals surface area contributed by atoms with Crippen LogP contribution in [0.15, 0.2) is 59.3 Å². The van der Waals surface area contributed by atoms with Gasteiger partial charge in [-0.05, 0) is 54.7 Å². The fraction of sp³-hybridized carbons (Fsp3) is 0.250. The minimum absolute atomic E-state index is 0.109. The molecule has 1 aliphatic heterocycles. The lowest BCUT2D eigenvalue weighted by atomic mass is 9.89. The molecule has 0 atom stereocenters. The molecule has 2 aromatic carbocycles. The van der Waals surface area contributed by atoms with E-state index in [1.165, 1.54) is 12.0 Å². The Labute approximate surface area is 156 Å². The van der Waals surface area contributed by atoms with Gasteiger partial charge in [0.1, 0.15) is 5.75 Å². The van der Waals surface area contributed by atoms with Gasteiger partial charge in [0, 0.05) is 24.3 Å². The molecule has 1 aromatic heterocycles. The molecule has 2 N–H and O–H groups in total. The van der Waals surface area contributed by atoms with Crippen LogP contribution < -0.4 is 5.32 Å². The monoisotopic (exact) mass is 364 g/mol. The molecular weight excluding hydrogens is 344 g/mol. The molecule has 0 unspecified atom stereocenters. The molecule has 27 heavy (non-hydrogen) atoms. The van der Waals surface area contributed by atoms with Crippen molar-refractivity contribution >= 4 is 11.7 Å². The number of urea groups is 1. The number of amides is 2. The SMILES string of the molecule is O=C(Nc1cccc(-c2nnco2)c1)N1CCC(c2ccc(O)cc2)CC1. The number of carbonyl (C=O) groups excluding carboxylic acids is 1. The van der Waals surface area contributed by atoms with Gasteiger partial charge in [-0.15, -0.1) is 10.2 Å². The maximum Gasteiger partial charge on any atom is 0.321 e. The average molecular weight is 364 g/mol. The van der Waals surface area contributed by atoms with Crippen molar-refractivity contribution in [1.29, 1.82) is 0 Å². The van der Waals surface area contributed by atoms with Gasteiger partial charge in [-0.2, -0.15) is 0 Å². The van der Waals surface area contributed by atoms with Gasteiger partial charge in [0.2, 0.25) is 12.3 Å². The Morgan fingerprint density at radius 1 is 1.15 bits per heavy atom. The number of rotatable bonds is 3. The summed E-state index contributed by atoms with van der Waals surface area (Å²) in [4.78, 5) is 14.4. The Morgan fingerprint density at radius 2 is 1.93 bits per heavy atom. The topological polar surface area (TPSA) is 91.5 Å². The number of piperidine rings is 1. The van der Waals surface area contributed by atoms with Crippen LogP contribution in [-0.2, 0) is 0 Å². The fourth-order valence-corrected chi connectivity index (χ4v) is 3.39. The standard InChI is InChI=1S/C20H20N4O3/c25-18-6-4-14(5-7-18)15-8-10-24(11-9-15)20(26)22-17-3-1-2-16(12-17)19-23-21-13-27-19/h1-7,12-13,15,25H,8-11H2,(H,22,26). The predicted molar refractivity (Wildman–Crippen MR) is 100 cm³/mol. The molecule has 2 amide bonds. The zero-order chi connectivity index (χ0) is 18.6. The summed E-state index contributed by atoms with van der Waals surface area (Å²) in [6.07, 6.45) is 3.08. The molecular formula is C20H20N4O3. The highest BCUT2D eigenvalue weighted by molar-refractivity contribution is 5.90. The lowest BCUT2D eigenvalue weighted by Crippen LogP contribution is -2.40. The Bertz CT molecular complexity index is 901. The Morgan fingerprint density at radius 3 is 2.63 bits per heavy atom. The molecule has 3 aromatic rings. The van der Waals surface area contributed by atoms with E-state index in [9.17, 15) is 9.90 Å². The molecule has 7 heteroatoms. The van der Waals surface area contributed by atoms with Crippen LogP contribution in [0.5, 0.6) is 5.75 Å². The molecule has 2 heterocycles. The van der Waals surface area contributed by atoms with Gasteiger partial charge < -0.3 is 19.7 Å². The van der Waals surface area contributed by atoms with Gasteiger partial charge in [0.15, 0.2) is 0 Å². The summed E-state index contributed by atoms with van der Waals surface area (Å²) in [6.45, 7) is 1.39. The Balaban J connectivity index is 1.36. The van der Waals surface area contributed by atoms with Crippen molar-refractivity contribution < 1.29 is 14.3 Å². The summed E-state index contributed by atoms with van der Waals surface area (Å²) in [6, 6.07) is 14.6. The van der Waals surface area contributed by atoms with E-state index in [1.54, 1.807) is 12.1 Å². The van der Waals surface area contributed by atoms with E-state index in [2.05, 4.69) is 15.5 Å². The van der Waals surface area contributed by atoms with Crippen LogP contribution in [0.1, 0.15) is 24.3 Å². The number of nitrogens with one attached hydrogen (secondary N) is 1. The molecule has 1 aliphatic rings. The minimum Gasteiger partial charge on any atom is -0.508 e. The van der Waals surface area contributed by atoms with Gasteiger partial charge in [0.05, 0.1) is 0 Å². The summed E-state index contributed by atoms with van der Waals surface area (Å²) in [5, 5.41) is 19.9. The van der Waals surface area contributed by atoms with Crippen molar-refractivity contribution in [2.75, 3.05) is 18.4 Å². The van der Waals surface area contributed by atoms with E-state index < -0.39 is 0 Å². The largest absolute Gasteiger partial charge is 0.508 e. The molecule has 0 radical (unpaired) electrons. The van der Waals surface area contributed by atoms with Crippen molar-refractivity contribution in [3.8, 4) is 17.2 Å². The molecule has 4 rings (SSSR count). The highest BCUT2D eigenvalue weighted by Crippen LogP contribution is 2.29. The molecule has 7 nitrogen and oxygen atoms in total. The molecule has 0 aliphatic carbocycles. The molecule has 1 fully saturated rings. The number of carbonyl (C=O) groups is 1. The fourth-order valence-electron chi connectivity index (χ4n) is 3.39. The van der Waals surface area contributed by atoms with Crippen molar-refractivity contribution in [2.24, 2.45) is 0 Å². The summed E-state index contributed by atoms with van der Waals surface area (Å²) in [7, 11) is 0. The van der Waals surface area contributed by atoms with E-state index in [-0.39, 0.29) is 11.8 Å². The van der Waals surface area contributed by atoms with E-state index in [4.69, 9.17) is 4.42 Å². The van der Waals surface area contributed by atoms with Crippen molar-refractivity contribution in [1.82, 2.24) is 15.1 Å². The first-order valence-electron chi connectivity index (χ1n) is 8.90. The number of benzene rings is 2. The van der Waals surface area contributed by atoms with Gasteiger partial charge in [0.25, 0.3) is 0 Å². The third-order valence-electron chi connectivity index (χ3n) is 4.87. The molecule has 0 saturated carbocycles. The zero-order valence-corrected chi connectivity index (χ0v) is 14.7. The zero-order valence-electron chi connectivity index (χ0n) is 14.7. The number of hydrogen-bond donors (Lipinski definition) is 2. The van der Waals surface area contributed by atoms with Crippen LogP contribution >= 0.6 is 0 Å². The summed E-state index contributed by atoms with van der Waals surface area (Å²) < 4.78 is 5.20. The van der Waals surface area contributed by atoms with E-state index in [1.807, 2.05) is 41.3 Å². The van der Waals surface area contributed by atoms with Crippen LogP contribution in [0, 0.1) is 0 Å². The Kier molecular flexibility index (Phi) is 4.74. The summed E-state index contributed by atoms with van der Waals surface area (Å²) >= 11 is 0. The first-order chi connectivity index (χ1) is 13.2. The van der Waals surface area contributed by atoms with Crippen LogP contribution in [0.3, 0.4) is 0 Å². The van der Waals surface area contributed by atoms with Crippen molar-refractivity contribution in [3.05, 3.63) is 60.5 Å². The number of aromatic hydroxyl groups is 1. The predicted octanol–water partition coefficient (Wildman–Crippen LogP) is 3.85. The number of anilines is 1. The number of phenolic OH excluding ortho intramolecular Hbond substituents is 1. The third-order valence-corrected chi connectivity index (χ3v) is 4.87. The van der Waals surface area contributed by atoms with Crippen LogP contribution in [0.4, 0.5) is 10.5 Å². The first-order valence-corrected chi connectivity index (χ1v) is 8.90. The average Bonchev–Trinajstić information content (AvgIpc) is 3.24. The van der Waals surface area contributed by atoms with Crippen molar-refractivity contribution in [3.63, 3.8) is 0 Å². The van der Waals surface area contributed by atoms with Crippen LogP contribution in [-0.4, -0.2) is 39.3 Å². The second-order valence-corrected chi connectivity index (χ2v) is 6.61. The van der Waals surface area contributed by atoms with E-state index >= 15 is 0 Å². The van der Waals surface area contributed by atoms with Crippen LogP contribution in [0.2, 0.25) is 0 Å². The third kappa shape index (κ3) is 3.92. The number of hydrogen-bond acceptors (Lipinski definition) is 5. The lowest BCUT2D eigenvalue weighted by molar-refractivity contribution is 0.194. The van der Waals surface area contributed by atoms with Gasteiger partial charge >= 0.3 is 6.03 Å². The molecule has 0 spiro atoms. The maximum absolute atomic E-state index is 12.6. The van der Waals surface area contributed by atoms with Gasteiger partial charge in [-0.25, -0.2) is 4.79 Å². The maximum atomic E-state index is 12.6.